The first-order valence-corrected chi connectivity index (χ1v) is 5.92. The van der Waals surface area contributed by atoms with Gasteiger partial charge in [-0.15, -0.1) is 0 Å². The molecule has 2 rings (SSSR count). The molecule has 1 saturated carbocycles. The number of carbonyl (C=O) groups excluding carboxylic acids is 2. The molecule has 0 spiro atoms. The molecule has 1 aliphatic heterocycles. The molecular weight excluding hydrogens is 208 g/mol. The van der Waals surface area contributed by atoms with Gasteiger partial charge in [0.25, 0.3) is 0 Å². The number of ether oxygens (including phenoxy) is 1. The van der Waals surface area contributed by atoms with Gasteiger partial charge in [-0.25, -0.2) is 4.79 Å². The van der Waals surface area contributed by atoms with Gasteiger partial charge in [0.05, 0.1) is 12.7 Å². The van der Waals surface area contributed by atoms with Crippen molar-refractivity contribution in [2.45, 2.75) is 31.8 Å². The van der Waals surface area contributed by atoms with Crippen molar-refractivity contribution in [2.24, 2.45) is 0 Å². The zero-order chi connectivity index (χ0) is 11.4. The molecule has 0 unspecified atom stereocenters. The zero-order valence-electron chi connectivity index (χ0n) is 9.41. The second-order valence-electron chi connectivity index (χ2n) is 4.33. The van der Waals surface area contributed by atoms with Gasteiger partial charge in [0.15, 0.2) is 0 Å². The fourth-order valence-electron chi connectivity index (χ4n) is 2.13. The van der Waals surface area contributed by atoms with Crippen LogP contribution in [0.5, 0.6) is 0 Å². The zero-order valence-corrected chi connectivity index (χ0v) is 9.41. The quantitative estimate of drug-likeness (QED) is 0.761. The van der Waals surface area contributed by atoms with Gasteiger partial charge < -0.3 is 15.0 Å². The van der Waals surface area contributed by atoms with Crippen molar-refractivity contribution in [1.29, 1.82) is 0 Å². The van der Waals surface area contributed by atoms with Crippen LogP contribution in [0.4, 0.5) is 4.79 Å². The summed E-state index contributed by atoms with van der Waals surface area (Å²) in [5.41, 5.74) is 0. The van der Waals surface area contributed by atoms with E-state index in [2.05, 4.69) is 5.32 Å². The molecule has 0 aromatic heterocycles. The topological polar surface area (TPSA) is 58.6 Å². The Balaban J connectivity index is 1.61. The maximum atomic E-state index is 11.2. The van der Waals surface area contributed by atoms with Crippen LogP contribution in [0, 0.1) is 0 Å². The van der Waals surface area contributed by atoms with Crippen LogP contribution in [0.1, 0.15) is 25.7 Å². The number of nitrogens with zero attached hydrogens (tertiary/aromatic N) is 1. The number of hydrogen-bond donors (Lipinski definition) is 1. The molecule has 2 aliphatic rings. The predicted molar refractivity (Wildman–Crippen MR) is 58.2 cm³/mol. The summed E-state index contributed by atoms with van der Waals surface area (Å²) >= 11 is 0. The summed E-state index contributed by atoms with van der Waals surface area (Å²) in [7, 11) is 0. The van der Waals surface area contributed by atoms with E-state index in [0.29, 0.717) is 31.8 Å². The summed E-state index contributed by atoms with van der Waals surface area (Å²) in [5.74, 6) is 0.346. The molecule has 0 atom stereocenters. The number of amides is 2. The Morgan fingerprint density at radius 3 is 2.69 bits per heavy atom. The number of urea groups is 1. The third-order valence-corrected chi connectivity index (χ3v) is 3.15. The second-order valence-corrected chi connectivity index (χ2v) is 4.33. The monoisotopic (exact) mass is 226 g/mol. The maximum absolute atomic E-state index is 11.2. The van der Waals surface area contributed by atoms with E-state index in [1.54, 1.807) is 4.90 Å². The number of rotatable bonds is 4. The van der Waals surface area contributed by atoms with Crippen LogP contribution >= 0.6 is 0 Å². The SMILES string of the molecule is O=C1CCC(OCCN2CCNC2=O)CC1. The van der Waals surface area contributed by atoms with E-state index >= 15 is 0 Å². The van der Waals surface area contributed by atoms with Gasteiger partial charge in [-0.05, 0) is 12.8 Å². The van der Waals surface area contributed by atoms with Crippen molar-refractivity contribution in [3.8, 4) is 0 Å². The lowest BCUT2D eigenvalue weighted by atomic mass is 9.96. The molecule has 0 radical (unpaired) electrons. The Hall–Kier alpha value is -1.10. The van der Waals surface area contributed by atoms with Crippen molar-refractivity contribution < 1.29 is 14.3 Å². The Morgan fingerprint density at radius 2 is 2.06 bits per heavy atom. The normalized spacial score (nSPS) is 22.6. The molecule has 1 saturated heterocycles. The summed E-state index contributed by atoms with van der Waals surface area (Å²) in [5, 5.41) is 2.75. The van der Waals surface area contributed by atoms with Crippen molar-refractivity contribution in [1.82, 2.24) is 10.2 Å². The third-order valence-electron chi connectivity index (χ3n) is 3.15. The number of hydrogen-bond acceptors (Lipinski definition) is 3. The molecule has 0 bridgehead atoms. The van der Waals surface area contributed by atoms with Crippen molar-refractivity contribution in [3.63, 3.8) is 0 Å². The van der Waals surface area contributed by atoms with Crippen LogP contribution in [-0.2, 0) is 9.53 Å². The van der Waals surface area contributed by atoms with Crippen molar-refractivity contribution >= 4 is 11.8 Å². The molecule has 0 aromatic carbocycles. The molecule has 2 fully saturated rings. The largest absolute Gasteiger partial charge is 0.376 e. The summed E-state index contributed by atoms with van der Waals surface area (Å²) in [6.07, 6.45) is 3.18. The Labute approximate surface area is 95.1 Å². The molecule has 5 heteroatoms. The first-order valence-electron chi connectivity index (χ1n) is 5.92. The van der Waals surface area contributed by atoms with E-state index in [1.165, 1.54) is 0 Å². The first-order chi connectivity index (χ1) is 7.75. The number of carbonyl (C=O) groups is 2. The van der Waals surface area contributed by atoms with Crippen LogP contribution in [0.2, 0.25) is 0 Å². The summed E-state index contributed by atoms with van der Waals surface area (Å²) in [4.78, 5) is 24.0. The molecule has 90 valence electrons. The fourth-order valence-corrected chi connectivity index (χ4v) is 2.13. The first kappa shape index (κ1) is 11.4. The van der Waals surface area contributed by atoms with Crippen LogP contribution in [0.3, 0.4) is 0 Å². The van der Waals surface area contributed by atoms with Gasteiger partial charge in [-0.2, -0.15) is 0 Å². The minimum Gasteiger partial charge on any atom is -0.376 e. The van der Waals surface area contributed by atoms with Gasteiger partial charge >= 0.3 is 6.03 Å². The third kappa shape index (κ3) is 2.95. The van der Waals surface area contributed by atoms with Crippen molar-refractivity contribution in [3.05, 3.63) is 0 Å². The number of ketones is 1. The second kappa shape index (κ2) is 5.30. The highest BCUT2D eigenvalue weighted by Crippen LogP contribution is 2.17. The summed E-state index contributed by atoms with van der Waals surface area (Å²) in [6.45, 7) is 2.73. The Bertz CT molecular complexity index is 270. The lowest BCUT2D eigenvalue weighted by Gasteiger charge is -2.22. The van der Waals surface area contributed by atoms with E-state index in [0.717, 1.165) is 25.9 Å². The van der Waals surface area contributed by atoms with E-state index < -0.39 is 0 Å². The van der Waals surface area contributed by atoms with Crippen LogP contribution in [0.15, 0.2) is 0 Å². The Kier molecular flexibility index (Phi) is 3.77. The Morgan fingerprint density at radius 1 is 1.31 bits per heavy atom. The van der Waals surface area contributed by atoms with Crippen LogP contribution < -0.4 is 5.32 Å². The van der Waals surface area contributed by atoms with Gasteiger partial charge in [-0.3, -0.25) is 4.79 Å². The molecule has 16 heavy (non-hydrogen) atoms. The number of nitrogens with one attached hydrogen (secondary N) is 1. The molecule has 1 heterocycles. The lowest BCUT2D eigenvalue weighted by Crippen LogP contribution is -2.32. The van der Waals surface area contributed by atoms with Crippen LogP contribution in [0.25, 0.3) is 0 Å². The average molecular weight is 226 g/mol. The van der Waals surface area contributed by atoms with Gasteiger partial charge in [0.2, 0.25) is 0 Å². The van der Waals surface area contributed by atoms with Crippen molar-refractivity contribution in [2.75, 3.05) is 26.2 Å². The lowest BCUT2D eigenvalue weighted by molar-refractivity contribution is -0.123. The molecular formula is C11H18N2O3. The minimum absolute atomic E-state index is 0.00224. The van der Waals surface area contributed by atoms with E-state index in [4.69, 9.17) is 4.74 Å². The predicted octanol–water partition coefficient (Wildman–Crippen LogP) is 0.540. The van der Waals surface area contributed by atoms with Gasteiger partial charge in [0.1, 0.15) is 5.78 Å². The van der Waals surface area contributed by atoms with Gasteiger partial charge in [-0.1, -0.05) is 0 Å². The standard InChI is InChI=1S/C11H18N2O3/c14-9-1-3-10(4-2-9)16-8-7-13-6-5-12-11(13)15/h10H,1-8H2,(H,12,15). The highest BCUT2D eigenvalue weighted by molar-refractivity contribution is 5.79. The molecule has 1 N–H and O–H groups in total. The highest BCUT2D eigenvalue weighted by atomic mass is 16.5. The van der Waals surface area contributed by atoms with Gasteiger partial charge in [0, 0.05) is 32.5 Å². The highest BCUT2D eigenvalue weighted by Gasteiger charge is 2.21. The summed E-state index contributed by atoms with van der Waals surface area (Å²) < 4.78 is 5.67. The average Bonchev–Trinajstić information content (AvgIpc) is 2.68. The molecule has 1 aliphatic carbocycles. The number of Topliss-reactive ketones (excluding diaryl/α,β-unsaturated/α-hetero) is 1. The van der Waals surface area contributed by atoms with E-state index in [1.807, 2.05) is 0 Å². The summed E-state index contributed by atoms with van der Waals surface area (Å²) in [6, 6.07) is 0.00224. The molecule has 0 aromatic rings. The minimum atomic E-state index is 0.00224. The smallest absolute Gasteiger partial charge is 0.317 e. The van der Waals surface area contributed by atoms with E-state index in [9.17, 15) is 9.59 Å². The van der Waals surface area contributed by atoms with Crippen LogP contribution in [-0.4, -0.2) is 49.1 Å². The maximum Gasteiger partial charge on any atom is 0.317 e. The fraction of sp³-hybridized carbons (Fsp3) is 0.818. The molecule has 2 amide bonds. The van der Waals surface area contributed by atoms with E-state index in [-0.39, 0.29) is 12.1 Å². The molecule has 5 nitrogen and oxygen atoms in total.